The quantitative estimate of drug-likeness (QED) is 0.303. The van der Waals surface area contributed by atoms with Crippen LogP contribution in [-0.4, -0.2) is 25.7 Å². The Labute approximate surface area is 152 Å². The van der Waals surface area contributed by atoms with Gasteiger partial charge in [-0.05, 0) is 48.9 Å². The minimum absolute atomic E-state index is 0.0767. The lowest BCUT2D eigenvalue weighted by molar-refractivity contribution is -0.139. The fourth-order valence-corrected chi connectivity index (χ4v) is 2.74. The molecule has 5 N–H and O–H groups in total. The molecule has 0 atom stereocenters. The zero-order valence-electron chi connectivity index (χ0n) is 14.4. The van der Waals surface area contributed by atoms with E-state index >= 15 is 0 Å². The van der Waals surface area contributed by atoms with Gasteiger partial charge in [-0.1, -0.05) is 23.7 Å². The number of hydrazine groups is 1. The molecule has 0 saturated carbocycles. The van der Waals surface area contributed by atoms with Crippen molar-refractivity contribution in [3.05, 3.63) is 52.8 Å². The third-order valence-corrected chi connectivity index (χ3v) is 4.07. The molecule has 2 aromatic carbocycles. The average molecular weight is 363 g/mol. The van der Waals surface area contributed by atoms with E-state index in [1.165, 1.54) is 0 Å². The van der Waals surface area contributed by atoms with E-state index in [1.807, 2.05) is 42.2 Å². The van der Waals surface area contributed by atoms with Crippen molar-refractivity contribution in [1.29, 1.82) is 0 Å². The van der Waals surface area contributed by atoms with Gasteiger partial charge in [0.2, 0.25) is 0 Å². The number of benzene rings is 2. The molecule has 0 aromatic heterocycles. The Morgan fingerprint density at radius 1 is 1.20 bits per heavy atom. The molecule has 0 unspecified atom stereocenters. The topological polar surface area (TPSA) is 93.6 Å². The normalized spacial score (nSPS) is 11.8. The number of halogens is 1. The van der Waals surface area contributed by atoms with E-state index in [9.17, 15) is 4.79 Å². The van der Waals surface area contributed by atoms with E-state index in [-0.39, 0.29) is 12.3 Å². The molecule has 0 amide bonds. The van der Waals surface area contributed by atoms with Crippen LogP contribution in [0.4, 0.5) is 5.69 Å². The minimum atomic E-state index is -0.563. The fourth-order valence-electron chi connectivity index (χ4n) is 2.56. The molecular weight excluding hydrogens is 340 g/mol. The second kappa shape index (κ2) is 8.60. The molecule has 0 aliphatic heterocycles. The summed E-state index contributed by atoms with van der Waals surface area (Å²) in [6, 6.07) is 11.8. The maximum atomic E-state index is 11.9. The SMILES string of the molecule is CCOC(=O)/C(NN)=C(/N)CN(CC)c1ccc2cc(Cl)ccc2c1. The predicted molar refractivity (Wildman–Crippen MR) is 102 cm³/mol. The second-order valence-electron chi connectivity index (χ2n) is 5.45. The number of anilines is 1. The summed E-state index contributed by atoms with van der Waals surface area (Å²) in [7, 11) is 0. The Morgan fingerprint density at radius 3 is 2.52 bits per heavy atom. The van der Waals surface area contributed by atoms with Gasteiger partial charge >= 0.3 is 5.97 Å². The first kappa shape index (κ1) is 18.9. The molecule has 0 aliphatic rings. The first-order chi connectivity index (χ1) is 12.0. The summed E-state index contributed by atoms with van der Waals surface area (Å²) < 4.78 is 4.96. The molecule has 0 radical (unpaired) electrons. The number of rotatable bonds is 7. The Bertz CT molecular complexity index is 792. The average Bonchev–Trinajstić information content (AvgIpc) is 2.60. The van der Waals surface area contributed by atoms with Gasteiger partial charge in [0, 0.05) is 17.3 Å². The molecule has 0 bridgehead atoms. The van der Waals surface area contributed by atoms with E-state index in [1.54, 1.807) is 6.92 Å². The van der Waals surface area contributed by atoms with E-state index in [0.29, 0.717) is 23.8 Å². The van der Waals surface area contributed by atoms with Crippen LogP contribution in [0.2, 0.25) is 5.02 Å². The van der Waals surface area contributed by atoms with Crippen molar-refractivity contribution in [2.45, 2.75) is 13.8 Å². The maximum Gasteiger partial charge on any atom is 0.357 e. The first-order valence-electron chi connectivity index (χ1n) is 8.06. The first-order valence-corrected chi connectivity index (χ1v) is 8.44. The molecule has 6 nitrogen and oxygen atoms in total. The van der Waals surface area contributed by atoms with Gasteiger partial charge in [-0.3, -0.25) is 5.84 Å². The van der Waals surface area contributed by atoms with Crippen LogP contribution in [0.5, 0.6) is 0 Å². The molecule has 2 aromatic rings. The zero-order valence-corrected chi connectivity index (χ0v) is 15.1. The number of hydrogen-bond acceptors (Lipinski definition) is 6. The van der Waals surface area contributed by atoms with Crippen molar-refractivity contribution in [3.63, 3.8) is 0 Å². The summed E-state index contributed by atoms with van der Waals surface area (Å²) in [6.07, 6.45) is 0. The third-order valence-electron chi connectivity index (χ3n) is 3.84. The van der Waals surface area contributed by atoms with Gasteiger partial charge in [0.25, 0.3) is 0 Å². The van der Waals surface area contributed by atoms with Crippen LogP contribution in [0.15, 0.2) is 47.8 Å². The molecule has 7 heteroatoms. The van der Waals surface area contributed by atoms with E-state index < -0.39 is 5.97 Å². The van der Waals surface area contributed by atoms with Crippen molar-refractivity contribution in [2.75, 3.05) is 24.6 Å². The van der Waals surface area contributed by atoms with Crippen molar-refractivity contribution >= 4 is 34.0 Å². The van der Waals surface area contributed by atoms with Crippen LogP contribution in [-0.2, 0) is 9.53 Å². The lowest BCUT2D eigenvalue weighted by Gasteiger charge is -2.24. The highest BCUT2D eigenvalue weighted by Crippen LogP contribution is 2.25. The molecule has 0 aliphatic carbocycles. The third kappa shape index (κ3) is 4.55. The molecule has 0 heterocycles. The van der Waals surface area contributed by atoms with Crippen LogP contribution in [0.25, 0.3) is 10.8 Å². The molecule has 2 rings (SSSR count). The van der Waals surface area contributed by atoms with Gasteiger partial charge in [0.05, 0.1) is 18.8 Å². The van der Waals surface area contributed by atoms with Crippen LogP contribution in [0, 0.1) is 0 Å². The molecule has 0 fully saturated rings. The molecule has 0 saturated heterocycles. The number of esters is 1. The van der Waals surface area contributed by atoms with Gasteiger partial charge in [-0.2, -0.15) is 0 Å². The van der Waals surface area contributed by atoms with Gasteiger partial charge in [0.15, 0.2) is 5.70 Å². The fraction of sp³-hybridized carbons (Fsp3) is 0.278. The number of nitrogens with two attached hydrogens (primary N) is 2. The van der Waals surface area contributed by atoms with Gasteiger partial charge < -0.3 is 20.8 Å². The number of nitrogens with zero attached hydrogens (tertiary/aromatic N) is 1. The number of fused-ring (bicyclic) bond motifs is 1. The molecule has 134 valence electrons. The van der Waals surface area contributed by atoms with Gasteiger partial charge in [-0.15, -0.1) is 0 Å². The summed E-state index contributed by atoms with van der Waals surface area (Å²) in [5.74, 6) is 4.87. The highest BCUT2D eigenvalue weighted by molar-refractivity contribution is 6.31. The standard InChI is InChI=1S/C18H23ClN4O2/c1-3-23(11-16(20)17(22-21)18(24)25-4-2)15-8-6-12-9-14(19)7-5-13(12)10-15/h5-10,22H,3-4,11,20-21H2,1-2H3/b17-16-. The van der Waals surface area contributed by atoms with Crippen molar-refractivity contribution in [1.82, 2.24) is 5.43 Å². The van der Waals surface area contributed by atoms with E-state index in [2.05, 4.69) is 11.5 Å². The highest BCUT2D eigenvalue weighted by Gasteiger charge is 2.16. The number of carbonyl (C=O) groups excluding carboxylic acids is 1. The number of carbonyl (C=O) groups is 1. The summed E-state index contributed by atoms with van der Waals surface area (Å²) in [6.45, 7) is 5.04. The van der Waals surface area contributed by atoms with Crippen molar-refractivity contribution in [3.8, 4) is 0 Å². The molecule has 25 heavy (non-hydrogen) atoms. The minimum Gasteiger partial charge on any atom is -0.461 e. The molecule has 0 spiro atoms. The number of nitrogens with one attached hydrogen (secondary N) is 1. The lowest BCUT2D eigenvalue weighted by Crippen LogP contribution is -2.36. The lowest BCUT2D eigenvalue weighted by atomic mass is 10.1. The highest BCUT2D eigenvalue weighted by atomic mass is 35.5. The Morgan fingerprint density at radius 2 is 1.88 bits per heavy atom. The Kier molecular flexibility index (Phi) is 6.50. The zero-order chi connectivity index (χ0) is 18.4. The van der Waals surface area contributed by atoms with Crippen molar-refractivity contribution in [2.24, 2.45) is 11.6 Å². The number of hydrogen-bond donors (Lipinski definition) is 3. The smallest absolute Gasteiger partial charge is 0.357 e. The Hall–Kier alpha value is -2.44. The maximum absolute atomic E-state index is 11.9. The Balaban J connectivity index is 2.29. The van der Waals surface area contributed by atoms with Gasteiger partial charge in [-0.25, -0.2) is 4.79 Å². The van der Waals surface area contributed by atoms with Crippen LogP contribution >= 0.6 is 11.6 Å². The number of ether oxygens (including phenoxy) is 1. The van der Waals surface area contributed by atoms with Crippen LogP contribution < -0.4 is 21.9 Å². The largest absolute Gasteiger partial charge is 0.461 e. The monoisotopic (exact) mass is 362 g/mol. The van der Waals surface area contributed by atoms with Crippen molar-refractivity contribution < 1.29 is 9.53 Å². The van der Waals surface area contributed by atoms with E-state index in [0.717, 1.165) is 16.5 Å². The summed E-state index contributed by atoms with van der Waals surface area (Å²) >= 11 is 6.03. The van der Waals surface area contributed by atoms with Gasteiger partial charge in [0.1, 0.15) is 0 Å². The summed E-state index contributed by atoms with van der Waals surface area (Å²) in [5.41, 5.74) is 9.81. The molecular formula is C18H23ClN4O2. The summed E-state index contributed by atoms with van der Waals surface area (Å²) in [5, 5.41) is 2.84. The van der Waals surface area contributed by atoms with Crippen LogP contribution in [0.1, 0.15) is 13.8 Å². The second-order valence-corrected chi connectivity index (χ2v) is 5.89. The van der Waals surface area contributed by atoms with E-state index in [4.69, 9.17) is 27.9 Å². The van der Waals surface area contributed by atoms with Crippen LogP contribution in [0.3, 0.4) is 0 Å². The number of likely N-dealkylation sites (N-methyl/N-ethyl adjacent to an activating group) is 1. The summed E-state index contributed by atoms with van der Waals surface area (Å²) in [4.78, 5) is 13.9. The predicted octanol–water partition coefficient (Wildman–Crippen LogP) is 2.52.